The maximum absolute atomic E-state index is 12.7. The molecule has 0 saturated carbocycles. The van der Waals surface area contributed by atoms with Crippen LogP contribution >= 0.6 is 11.3 Å². The Labute approximate surface area is 175 Å². The zero-order valence-corrected chi connectivity index (χ0v) is 17.9. The number of nitrogens with zero attached hydrogens (tertiary/aromatic N) is 2. The first-order chi connectivity index (χ1) is 13.9. The number of carbonyl (C=O) groups is 2. The topological polar surface area (TPSA) is 80.8 Å². The third-order valence-corrected chi connectivity index (χ3v) is 5.87. The minimum Gasteiger partial charge on any atom is -0.482 e. The summed E-state index contributed by atoms with van der Waals surface area (Å²) in [6.07, 6.45) is 1.68. The molecule has 2 heterocycles. The molecule has 1 aliphatic rings. The molecule has 1 N–H and O–H groups in total. The van der Waals surface area contributed by atoms with Crippen molar-refractivity contribution in [3.05, 3.63) is 39.8 Å². The van der Waals surface area contributed by atoms with Gasteiger partial charge in [0.2, 0.25) is 5.91 Å². The van der Waals surface area contributed by atoms with Crippen LogP contribution in [0.3, 0.4) is 0 Å². The number of aryl methyl sites for hydroxylation is 2. The number of hydrogen-bond acceptors (Lipinski definition) is 7. The standard InChI is InChI=1S/C21H27N3O4S/c1-14-10-18(28-12-20(25)27-3)4-5-19(14)23-21(26)16-6-8-24(9-7-16)11-17-13-29-15(2)22-17/h4-5,10,13,16H,6-9,11-12H2,1-3H3,(H,23,26). The van der Waals surface area contributed by atoms with Crippen LogP contribution < -0.4 is 10.1 Å². The van der Waals surface area contributed by atoms with Crippen molar-refractivity contribution in [3.8, 4) is 5.75 Å². The second-order valence-corrected chi connectivity index (χ2v) is 8.30. The fraction of sp³-hybridized carbons (Fsp3) is 0.476. The van der Waals surface area contributed by atoms with E-state index in [1.807, 2.05) is 13.8 Å². The number of thiazole rings is 1. The van der Waals surface area contributed by atoms with E-state index >= 15 is 0 Å². The monoisotopic (exact) mass is 417 g/mol. The molecule has 0 spiro atoms. The molecule has 0 radical (unpaired) electrons. The molecule has 1 fully saturated rings. The van der Waals surface area contributed by atoms with Crippen molar-refractivity contribution in [2.75, 3.05) is 32.1 Å². The van der Waals surface area contributed by atoms with Gasteiger partial charge in [-0.2, -0.15) is 0 Å². The second-order valence-electron chi connectivity index (χ2n) is 7.24. The lowest BCUT2D eigenvalue weighted by molar-refractivity contribution is -0.142. The van der Waals surface area contributed by atoms with Gasteiger partial charge in [0.1, 0.15) is 5.75 Å². The van der Waals surface area contributed by atoms with Gasteiger partial charge in [-0.3, -0.25) is 9.69 Å². The molecule has 2 aromatic rings. The maximum atomic E-state index is 12.7. The Hall–Kier alpha value is -2.45. The summed E-state index contributed by atoms with van der Waals surface area (Å²) in [5.74, 6) is 0.200. The Kier molecular flexibility index (Phi) is 7.22. The normalized spacial score (nSPS) is 15.1. The summed E-state index contributed by atoms with van der Waals surface area (Å²) in [6.45, 7) is 6.43. The molecule has 3 rings (SSSR count). The Morgan fingerprint density at radius 3 is 2.66 bits per heavy atom. The smallest absolute Gasteiger partial charge is 0.343 e. The molecular formula is C21H27N3O4S. The van der Waals surface area contributed by atoms with Crippen LogP contribution in [0.15, 0.2) is 23.6 Å². The van der Waals surface area contributed by atoms with Crippen molar-refractivity contribution in [2.24, 2.45) is 5.92 Å². The average Bonchev–Trinajstić information content (AvgIpc) is 3.13. The molecule has 156 valence electrons. The lowest BCUT2D eigenvalue weighted by Gasteiger charge is -2.30. The largest absolute Gasteiger partial charge is 0.482 e. The Balaban J connectivity index is 1.48. The lowest BCUT2D eigenvalue weighted by atomic mass is 9.95. The number of ether oxygens (including phenoxy) is 2. The SMILES string of the molecule is COC(=O)COc1ccc(NC(=O)C2CCN(Cc3csc(C)n3)CC2)c(C)c1. The summed E-state index contributed by atoms with van der Waals surface area (Å²) in [5, 5.41) is 6.23. The van der Waals surface area contributed by atoms with E-state index in [-0.39, 0.29) is 18.4 Å². The van der Waals surface area contributed by atoms with Crippen LogP contribution in [-0.4, -0.2) is 48.6 Å². The van der Waals surface area contributed by atoms with Crippen LogP contribution in [0.4, 0.5) is 5.69 Å². The van der Waals surface area contributed by atoms with Crippen molar-refractivity contribution < 1.29 is 19.1 Å². The van der Waals surface area contributed by atoms with E-state index in [9.17, 15) is 9.59 Å². The van der Waals surface area contributed by atoms with E-state index in [0.29, 0.717) is 5.75 Å². The van der Waals surface area contributed by atoms with Crippen molar-refractivity contribution in [1.29, 1.82) is 0 Å². The highest BCUT2D eigenvalue weighted by Crippen LogP contribution is 2.25. The minimum absolute atomic E-state index is 0.0121. The number of hydrogen-bond donors (Lipinski definition) is 1. The van der Waals surface area contributed by atoms with Crippen molar-refractivity contribution in [1.82, 2.24) is 9.88 Å². The highest BCUT2D eigenvalue weighted by Gasteiger charge is 2.25. The number of piperidine rings is 1. The van der Waals surface area contributed by atoms with Gasteiger partial charge < -0.3 is 14.8 Å². The highest BCUT2D eigenvalue weighted by atomic mass is 32.1. The van der Waals surface area contributed by atoms with E-state index in [2.05, 4.69) is 25.3 Å². The van der Waals surface area contributed by atoms with Gasteiger partial charge in [0.15, 0.2) is 6.61 Å². The first kappa shape index (κ1) is 21.3. The first-order valence-electron chi connectivity index (χ1n) is 9.69. The molecule has 29 heavy (non-hydrogen) atoms. The van der Waals surface area contributed by atoms with Gasteiger partial charge in [0.25, 0.3) is 0 Å². The van der Waals surface area contributed by atoms with Crippen LogP contribution in [0.5, 0.6) is 5.75 Å². The van der Waals surface area contributed by atoms with Gasteiger partial charge in [-0.25, -0.2) is 9.78 Å². The number of nitrogens with one attached hydrogen (secondary N) is 1. The van der Waals surface area contributed by atoms with Crippen LogP contribution in [0.25, 0.3) is 0 Å². The zero-order valence-electron chi connectivity index (χ0n) is 17.1. The molecule has 1 aromatic carbocycles. The number of likely N-dealkylation sites (tertiary alicyclic amines) is 1. The fourth-order valence-corrected chi connectivity index (χ4v) is 3.97. The highest BCUT2D eigenvalue weighted by molar-refractivity contribution is 7.09. The molecule has 8 heteroatoms. The van der Waals surface area contributed by atoms with Gasteiger partial charge in [-0.05, 0) is 63.5 Å². The van der Waals surface area contributed by atoms with Gasteiger partial charge in [0, 0.05) is 23.5 Å². The molecule has 1 saturated heterocycles. The number of esters is 1. The summed E-state index contributed by atoms with van der Waals surface area (Å²) in [4.78, 5) is 30.7. The van der Waals surface area contributed by atoms with Gasteiger partial charge >= 0.3 is 5.97 Å². The molecule has 7 nitrogen and oxygen atoms in total. The van der Waals surface area contributed by atoms with Crippen LogP contribution in [0.2, 0.25) is 0 Å². The molecule has 0 unspecified atom stereocenters. The fourth-order valence-electron chi connectivity index (χ4n) is 3.37. The lowest BCUT2D eigenvalue weighted by Crippen LogP contribution is -2.37. The Morgan fingerprint density at radius 2 is 2.03 bits per heavy atom. The van der Waals surface area contributed by atoms with E-state index in [1.54, 1.807) is 29.5 Å². The van der Waals surface area contributed by atoms with Crippen molar-refractivity contribution >= 4 is 28.9 Å². The van der Waals surface area contributed by atoms with Gasteiger partial charge in [-0.15, -0.1) is 11.3 Å². The number of rotatable bonds is 7. The Morgan fingerprint density at radius 1 is 1.28 bits per heavy atom. The minimum atomic E-state index is -0.434. The molecular weight excluding hydrogens is 390 g/mol. The number of benzene rings is 1. The third kappa shape index (κ3) is 6.01. The van der Waals surface area contributed by atoms with E-state index < -0.39 is 5.97 Å². The predicted molar refractivity (Wildman–Crippen MR) is 112 cm³/mol. The number of carbonyl (C=O) groups excluding carboxylic acids is 2. The molecule has 1 amide bonds. The van der Waals surface area contributed by atoms with E-state index in [4.69, 9.17) is 4.74 Å². The van der Waals surface area contributed by atoms with Gasteiger partial charge in [0.05, 0.1) is 17.8 Å². The predicted octanol–water partition coefficient (Wildman–Crippen LogP) is 3.16. The molecule has 1 aliphatic heterocycles. The second kappa shape index (κ2) is 9.84. The molecule has 0 atom stereocenters. The Bertz CT molecular complexity index is 859. The number of aromatic nitrogens is 1. The quantitative estimate of drug-likeness (QED) is 0.697. The summed E-state index contributed by atoms with van der Waals surface area (Å²) in [7, 11) is 1.32. The molecule has 0 aliphatic carbocycles. The summed E-state index contributed by atoms with van der Waals surface area (Å²) >= 11 is 1.67. The third-order valence-electron chi connectivity index (χ3n) is 5.05. The summed E-state index contributed by atoms with van der Waals surface area (Å²) in [5.41, 5.74) is 2.76. The maximum Gasteiger partial charge on any atom is 0.343 e. The van der Waals surface area contributed by atoms with Crippen molar-refractivity contribution in [3.63, 3.8) is 0 Å². The van der Waals surface area contributed by atoms with Crippen LogP contribution in [0.1, 0.15) is 29.1 Å². The van der Waals surface area contributed by atoms with Gasteiger partial charge in [-0.1, -0.05) is 0 Å². The number of anilines is 1. The van der Waals surface area contributed by atoms with E-state index in [1.165, 1.54) is 7.11 Å². The number of methoxy groups -OCH3 is 1. The zero-order chi connectivity index (χ0) is 20.8. The van der Waals surface area contributed by atoms with Crippen LogP contribution in [-0.2, 0) is 20.9 Å². The molecule has 0 bridgehead atoms. The number of amides is 1. The molecule has 1 aromatic heterocycles. The first-order valence-corrected chi connectivity index (χ1v) is 10.6. The van der Waals surface area contributed by atoms with Crippen LogP contribution in [0, 0.1) is 19.8 Å². The van der Waals surface area contributed by atoms with Crippen molar-refractivity contribution in [2.45, 2.75) is 33.2 Å². The summed E-state index contributed by atoms with van der Waals surface area (Å²) < 4.78 is 9.94. The summed E-state index contributed by atoms with van der Waals surface area (Å²) in [6, 6.07) is 5.35. The van der Waals surface area contributed by atoms with E-state index in [0.717, 1.165) is 54.4 Å². The average molecular weight is 418 g/mol.